The average Bonchev–Trinajstić information content (AvgIpc) is 3.46. The van der Waals surface area contributed by atoms with Gasteiger partial charge in [-0.25, -0.2) is 9.97 Å². The summed E-state index contributed by atoms with van der Waals surface area (Å²) in [5.41, 5.74) is 7.96. The number of amides is 4. The van der Waals surface area contributed by atoms with Gasteiger partial charge in [0.15, 0.2) is 5.82 Å². The second-order valence-electron chi connectivity index (χ2n) is 11.0. The molecule has 3 heterocycles. The first-order valence-corrected chi connectivity index (χ1v) is 14.3. The number of hydrogen-bond acceptors (Lipinski definition) is 8. The molecular weight excluding hydrogens is 538 g/mol. The fourth-order valence-corrected chi connectivity index (χ4v) is 5.02. The molecule has 1 aliphatic rings. The van der Waals surface area contributed by atoms with Crippen molar-refractivity contribution in [2.75, 3.05) is 25.4 Å². The summed E-state index contributed by atoms with van der Waals surface area (Å²) >= 11 is 0. The summed E-state index contributed by atoms with van der Waals surface area (Å²) in [4.78, 5) is 58.3. The van der Waals surface area contributed by atoms with Crippen molar-refractivity contribution in [3.8, 4) is 0 Å². The molecule has 0 bridgehead atoms. The number of imide groups is 1. The van der Waals surface area contributed by atoms with Crippen molar-refractivity contribution in [2.24, 2.45) is 0 Å². The Morgan fingerprint density at radius 1 is 1.00 bits per heavy atom. The molecule has 0 saturated carbocycles. The van der Waals surface area contributed by atoms with Crippen LogP contribution in [0, 0.1) is 0 Å². The Hall–Kier alpha value is -4.32. The third-order valence-electron chi connectivity index (χ3n) is 7.02. The van der Waals surface area contributed by atoms with Crippen molar-refractivity contribution >= 4 is 51.4 Å². The van der Waals surface area contributed by atoms with Crippen molar-refractivity contribution in [3.05, 3.63) is 42.2 Å². The van der Waals surface area contributed by atoms with Crippen molar-refractivity contribution in [2.45, 2.75) is 71.6 Å². The number of nitrogens with one attached hydrogen (secondary N) is 2. The van der Waals surface area contributed by atoms with Gasteiger partial charge in [0, 0.05) is 56.6 Å². The van der Waals surface area contributed by atoms with Crippen LogP contribution in [0.4, 0.5) is 5.82 Å². The molecule has 3 aromatic rings. The van der Waals surface area contributed by atoms with Gasteiger partial charge in [-0.15, -0.1) is 0 Å². The van der Waals surface area contributed by atoms with E-state index >= 15 is 0 Å². The predicted octanol–water partition coefficient (Wildman–Crippen LogP) is 2.59. The van der Waals surface area contributed by atoms with Gasteiger partial charge in [0.2, 0.25) is 11.8 Å². The molecule has 1 aromatic carbocycles. The molecule has 12 heteroatoms. The van der Waals surface area contributed by atoms with Crippen LogP contribution in [0.15, 0.2) is 36.4 Å². The zero-order chi connectivity index (χ0) is 30.3. The van der Waals surface area contributed by atoms with Gasteiger partial charge in [0.05, 0.1) is 16.6 Å². The fourth-order valence-electron chi connectivity index (χ4n) is 5.02. The van der Waals surface area contributed by atoms with Gasteiger partial charge >= 0.3 is 0 Å². The number of benzene rings is 1. The minimum absolute atomic E-state index is 0.0561. The van der Waals surface area contributed by atoms with Gasteiger partial charge in [-0.1, -0.05) is 24.6 Å². The second-order valence-corrected chi connectivity index (χ2v) is 11.0. The highest BCUT2D eigenvalue weighted by Crippen LogP contribution is 2.30. The molecule has 0 radical (unpaired) electrons. The lowest BCUT2D eigenvalue weighted by Gasteiger charge is -2.28. The molecule has 0 fully saturated rings. The molecule has 0 saturated heterocycles. The highest BCUT2D eigenvalue weighted by Gasteiger charge is 2.26. The van der Waals surface area contributed by atoms with E-state index in [0.29, 0.717) is 50.5 Å². The number of imidazole rings is 1. The molecule has 42 heavy (non-hydrogen) atoms. The molecule has 0 atom stereocenters. The molecular formula is C30H39N7O5. The third-order valence-corrected chi connectivity index (χ3v) is 7.02. The van der Waals surface area contributed by atoms with Gasteiger partial charge in [0.1, 0.15) is 17.9 Å². The lowest BCUT2D eigenvalue weighted by molar-refractivity contribution is -0.137. The first-order chi connectivity index (χ1) is 20.1. The number of rotatable bonds is 15. The molecule has 2 aromatic heterocycles. The summed E-state index contributed by atoms with van der Waals surface area (Å²) in [5.74, 6) is 0.00860. The van der Waals surface area contributed by atoms with Crippen molar-refractivity contribution in [1.29, 1.82) is 0 Å². The quantitative estimate of drug-likeness (QED) is 0.183. The van der Waals surface area contributed by atoms with Crippen LogP contribution in [0.5, 0.6) is 0 Å². The Balaban J connectivity index is 1.27. The molecule has 1 aliphatic heterocycles. The number of nitrogen functional groups attached to an aromatic ring is 1. The van der Waals surface area contributed by atoms with Crippen LogP contribution in [0.1, 0.15) is 58.7 Å². The minimum atomic E-state index is -0.591. The van der Waals surface area contributed by atoms with Crippen LogP contribution < -0.4 is 16.4 Å². The molecule has 4 rings (SSSR count). The van der Waals surface area contributed by atoms with E-state index in [9.17, 15) is 19.2 Å². The zero-order valence-electron chi connectivity index (χ0n) is 24.4. The number of hydrogen-bond donors (Lipinski definition) is 3. The summed E-state index contributed by atoms with van der Waals surface area (Å²) in [6.45, 7) is 7.72. The number of nitrogens with two attached hydrogens (primary N) is 1. The van der Waals surface area contributed by atoms with E-state index in [0.717, 1.165) is 40.0 Å². The summed E-state index contributed by atoms with van der Waals surface area (Å²) in [7, 11) is 0. The van der Waals surface area contributed by atoms with E-state index in [1.165, 1.54) is 12.2 Å². The Labute approximate surface area is 244 Å². The van der Waals surface area contributed by atoms with Crippen molar-refractivity contribution in [3.63, 3.8) is 0 Å². The van der Waals surface area contributed by atoms with E-state index in [2.05, 4.69) is 20.2 Å². The average molecular weight is 578 g/mol. The lowest BCUT2D eigenvalue weighted by Crippen LogP contribution is -2.46. The van der Waals surface area contributed by atoms with Gasteiger partial charge in [-0.05, 0) is 39.7 Å². The maximum atomic E-state index is 12.9. The SMILES string of the molecule is CCOCc1nc2c(N)nc3ccccc3c2n1CC(C)(C)NC(=O)CCCCCNC(=O)CCN1C(=O)C=CC1=O. The summed E-state index contributed by atoms with van der Waals surface area (Å²) in [5, 5.41) is 6.88. The maximum Gasteiger partial charge on any atom is 0.253 e. The molecule has 0 spiro atoms. The number of fused-ring (bicyclic) bond motifs is 3. The zero-order valence-corrected chi connectivity index (χ0v) is 24.4. The number of ether oxygens (including phenoxy) is 1. The van der Waals surface area contributed by atoms with E-state index in [1.54, 1.807) is 0 Å². The number of nitrogens with zero attached hydrogens (tertiary/aromatic N) is 4. The summed E-state index contributed by atoms with van der Waals surface area (Å²) in [6, 6.07) is 7.78. The Bertz CT molecular complexity index is 1490. The molecule has 4 N–H and O–H groups in total. The topological polar surface area (TPSA) is 162 Å². The van der Waals surface area contributed by atoms with Crippen LogP contribution in [0.25, 0.3) is 21.9 Å². The first kappa shape index (κ1) is 30.6. The Kier molecular flexibility index (Phi) is 9.89. The van der Waals surface area contributed by atoms with Crippen molar-refractivity contribution < 1.29 is 23.9 Å². The highest BCUT2D eigenvalue weighted by atomic mass is 16.5. The number of pyridine rings is 1. The maximum absolute atomic E-state index is 12.9. The van der Waals surface area contributed by atoms with Crippen LogP contribution in [0.3, 0.4) is 0 Å². The van der Waals surface area contributed by atoms with Gasteiger partial charge < -0.3 is 25.7 Å². The monoisotopic (exact) mass is 577 g/mol. The Morgan fingerprint density at radius 3 is 2.48 bits per heavy atom. The largest absolute Gasteiger partial charge is 0.382 e. The fraction of sp³-hybridized carbons (Fsp3) is 0.467. The smallest absolute Gasteiger partial charge is 0.253 e. The summed E-state index contributed by atoms with van der Waals surface area (Å²) in [6.07, 6.45) is 4.99. The summed E-state index contributed by atoms with van der Waals surface area (Å²) < 4.78 is 7.76. The highest BCUT2D eigenvalue weighted by molar-refractivity contribution is 6.13. The third kappa shape index (κ3) is 7.49. The molecule has 224 valence electrons. The normalized spacial score (nSPS) is 13.5. The lowest BCUT2D eigenvalue weighted by atomic mass is 10.0. The number of anilines is 1. The van der Waals surface area contributed by atoms with Crippen LogP contribution >= 0.6 is 0 Å². The number of para-hydroxylation sites is 1. The van der Waals surface area contributed by atoms with E-state index in [-0.39, 0.29) is 24.8 Å². The standard InChI is InChI=1S/C30H39N7O5/c1-4-42-18-22-34-27-28(20-10-7-8-11-21(20)33-29(27)31)37(22)19-30(2,3)35-24(39)12-6-5-9-16-32-23(38)15-17-36-25(40)13-14-26(36)41/h7-8,10-11,13-14H,4-6,9,12,15-19H2,1-3H3,(H2,31,33)(H,32,38)(H,35,39). The van der Waals surface area contributed by atoms with E-state index < -0.39 is 17.4 Å². The minimum Gasteiger partial charge on any atom is -0.382 e. The van der Waals surface area contributed by atoms with Crippen molar-refractivity contribution in [1.82, 2.24) is 30.1 Å². The Morgan fingerprint density at radius 2 is 1.74 bits per heavy atom. The molecule has 12 nitrogen and oxygen atoms in total. The van der Waals surface area contributed by atoms with E-state index in [1.807, 2.05) is 45.0 Å². The first-order valence-electron chi connectivity index (χ1n) is 14.3. The van der Waals surface area contributed by atoms with Crippen LogP contribution in [-0.2, 0) is 37.1 Å². The van der Waals surface area contributed by atoms with Gasteiger partial charge in [-0.2, -0.15) is 0 Å². The predicted molar refractivity (Wildman–Crippen MR) is 159 cm³/mol. The molecule has 4 amide bonds. The van der Waals surface area contributed by atoms with Gasteiger partial charge in [0.25, 0.3) is 11.8 Å². The molecule has 0 unspecified atom stereocenters. The number of carbonyl (C=O) groups excluding carboxylic acids is 4. The van der Waals surface area contributed by atoms with E-state index in [4.69, 9.17) is 15.5 Å². The second kappa shape index (κ2) is 13.6. The van der Waals surface area contributed by atoms with Gasteiger partial charge in [-0.3, -0.25) is 24.1 Å². The molecule has 0 aliphatic carbocycles. The number of unbranched alkanes of at least 4 members (excludes halogenated alkanes) is 2. The number of aromatic nitrogens is 3. The van der Waals surface area contributed by atoms with Crippen LogP contribution in [0.2, 0.25) is 0 Å². The van der Waals surface area contributed by atoms with Crippen LogP contribution in [-0.4, -0.2) is 68.3 Å². The number of carbonyl (C=O) groups is 4.